The van der Waals surface area contributed by atoms with Gasteiger partial charge in [-0.1, -0.05) is 49.6 Å². The Kier molecular flexibility index (Phi) is 5.95. The molecule has 0 amide bonds. The van der Waals surface area contributed by atoms with E-state index in [0.717, 1.165) is 12.2 Å². The summed E-state index contributed by atoms with van der Waals surface area (Å²) >= 11 is 6.48. The summed E-state index contributed by atoms with van der Waals surface area (Å²) in [4.78, 5) is 5.69. The van der Waals surface area contributed by atoms with Crippen molar-refractivity contribution in [3.63, 3.8) is 0 Å². The van der Waals surface area contributed by atoms with Crippen LogP contribution in [0.3, 0.4) is 0 Å². The van der Waals surface area contributed by atoms with Crippen molar-refractivity contribution in [1.29, 1.82) is 0 Å². The molecule has 3 rings (SSSR count). The van der Waals surface area contributed by atoms with Gasteiger partial charge in [-0.2, -0.15) is 4.79 Å². The fourth-order valence-electron chi connectivity index (χ4n) is 3.71. The Bertz CT molecular complexity index is 701. The first-order valence-corrected chi connectivity index (χ1v) is 9.31. The van der Waals surface area contributed by atoms with Crippen LogP contribution in [0.5, 0.6) is 0 Å². The van der Waals surface area contributed by atoms with Crippen LogP contribution in [-0.4, -0.2) is 33.9 Å². The molecule has 2 aliphatic rings. The second-order valence-corrected chi connectivity index (χ2v) is 7.02. The van der Waals surface area contributed by atoms with Crippen LogP contribution >= 0.6 is 11.6 Å². The number of hydrogen-bond acceptors (Lipinski definition) is 2. The lowest BCUT2D eigenvalue weighted by Crippen LogP contribution is -2.38. The van der Waals surface area contributed by atoms with E-state index in [1.54, 1.807) is 13.2 Å². The number of halogens is 1. The average molecular weight is 358 g/mol. The summed E-state index contributed by atoms with van der Waals surface area (Å²) in [6.07, 6.45) is 9.90. The third-order valence-corrected chi connectivity index (χ3v) is 5.43. The monoisotopic (exact) mass is 357 g/mol. The average Bonchev–Trinajstić information content (AvgIpc) is 2.67. The van der Waals surface area contributed by atoms with Gasteiger partial charge in [-0.25, -0.2) is 0 Å². The minimum Gasteiger partial charge on any atom is -0.497 e. The number of allylic oxidation sites excluding steroid dienone is 3. The molecule has 0 N–H and O–H groups in total. The van der Waals surface area contributed by atoms with Crippen LogP contribution < -0.4 is 0 Å². The zero-order chi connectivity index (χ0) is 17.6. The molecule has 1 aromatic carbocycles. The molecule has 1 atom stereocenters. The molecule has 132 valence electrons. The predicted octanol–water partition coefficient (Wildman–Crippen LogP) is 4.53. The first-order chi connectivity index (χ1) is 12.2. The quantitative estimate of drug-likeness (QED) is 0.441. The molecule has 1 aromatic rings. The fourth-order valence-corrected chi connectivity index (χ4v) is 4.03. The summed E-state index contributed by atoms with van der Waals surface area (Å²) in [5.41, 5.74) is 11.8. The van der Waals surface area contributed by atoms with E-state index in [-0.39, 0.29) is 0 Å². The van der Waals surface area contributed by atoms with Gasteiger partial charge >= 0.3 is 5.71 Å². The van der Waals surface area contributed by atoms with Crippen molar-refractivity contribution in [2.45, 2.75) is 50.1 Å². The molecule has 5 heteroatoms. The first-order valence-electron chi connectivity index (χ1n) is 8.87. The zero-order valence-electron chi connectivity index (χ0n) is 14.6. The van der Waals surface area contributed by atoms with Crippen molar-refractivity contribution in [3.8, 4) is 0 Å². The van der Waals surface area contributed by atoms with Crippen LogP contribution in [0.25, 0.3) is 5.53 Å². The van der Waals surface area contributed by atoms with Crippen LogP contribution in [-0.2, 0) is 11.3 Å². The van der Waals surface area contributed by atoms with E-state index in [1.165, 1.54) is 37.7 Å². The zero-order valence-corrected chi connectivity index (χ0v) is 15.3. The third-order valence-electron chi connectivity index (χ3n) is 5.01. The predicted molar refractivity (Wildman–Crippen MR) is 100 cm³/mol. The van der Waals surface area contributed by atoms with Gasteiger partial charge in [0.15, 0.2) is 5.38 Å². The number of benzene rings is 1. The Balaban J connectivity index is 1.97. The minimum absolute atomic E-state index is 0.408. The molecule has 2 aliphatic carbocycles. The van der Waals surface area contributed by atoms with Gasteiger partial charge in [0, 0.05) is 18.7 Å². The molecule has 0 aromatic heterocycles. The third kappa shape index (κ3) is 3.97. The maximum Gasteiger partial charge on any atom is 0.317 e. The van der Waals surface area contributed by atoms with Crippen LogP contribution in [0.4, 0.5) is 0 Å². The van der Waals surface area contributed by atoms with Gasteiger partial charge in [0.1, 0.15) is 5.76 Å². The Morgan fingerprint density at radius 2 is 1.88 bits per heavy atom. The van der Waals surface area contributed by atoms with Crippen LogP contribution in [0, 0.1) is 0 Å². The SMILES string of the molecule is COC1=C(N(Cc2ccccc2)C2CCCCC2)C=CC(=[N+]=[N-])C1Cl. The second-order valence-electron chi connectivity index (χ2n) is 6.58. The number of nitrogens with zero attached hydrogens (tertiary/aromatic N) is 3. The molecule has 0 aliphatic heterocycles. The summed E-state index contributed by atoms with van der Waals surface area (Å²) < 4.78 is 5.62. The van der Waals surface area contributed by atoms with Crippen molar-refractivity contribution in [2.24, 2.45) is 0 Å². The van der Waals surface area contributed by atoms with Gasteiger partial charge in [0.2, 0.25) is 0 Å². The molecule has 1 fully saturated rings. The van der Waals surface area contributed by atoms with Gasteiger partial charge in [-0.3, -0.25) is 0 Å². The van der Waals surface area contributed by atoms with E-state index in [1.807, 2.05) is 12.1 Å². The van der Waals surface area contributed by atoms with Crippen molar-refractivity contribution < 1.29 is 9.53 Å². The highest BCUT2D eigenvalue weighted by Crippen LogP contribution is 2.32. The first kappa shape index (κ1) is 17.8. The molecule has 25 heavy (non-hydrogen) atoms. The summed E-state index contributed by atoms with van der Waals surface area (Å²) in [6, 6.07) is 10.9. The number of hydrogen-bond donors (Lipinski definition) is 0. The summed E-state index contributed by atoms with van der Waals surface area (Å²) in [5, 5.41) is -0.572. The van der Waals surface area contributed by atoms with Gasteiger partial charge in [-0.05, 0) is 24.5 Å². The molecule has 0 spiro atoms. The lowest BCUT2D eigenvalue weighted by molar-refractivity contribution is -0.00655. The molecular weight excluding hydrogens is 334 g/mol. The Labute approximate surface area is 154 Å². The van der Waals surface area contributed by atoms with E-state index in [2.05, 4.69) is 34.0 Å². The Hall–Kier alpha value is -2.03. The lowest BCUT2D eigenvalue weighted by Gasteiger charge is -2.38. The minimum atomic E-state index is -0.572. The van der Waals surface area contributed by atoms with E-state index in [0.29, 0.717) is 17.5 Å². The van der Waals surface area contributed by atoms with Crippen LogP contribution in [0.2, 0.25) is 0 Å². The maximum atomic E-state index is 9.14. The smallest absolute Gasteiger partial charge is 0.317 e. The van der Waals surface area contributed by atoms with E-state index < -0.39 is 5.38 Å². The summed E-state index contributed by atoms with van der Waals surface area (Å²) in [5.74, 6) is 0.651. The Morgan fingerprint density at radius 3 is 2.52 bits per heavy atom. The van der Waals surface area contributed by atoms with Crippen LogP contribution in [0.15, 0.2) is 53.9 Å². The highest BCUT2D eigenvalue weighted by atomic mass is 35.5. The number of rotatable bonds is 5. The standard InChI is InChI=1S/C20H24ClN3O/c1-25-20-18(13-12-17(23-22)19(20)21)24(16-10-6-3-7-11-16)14-15-8-4-2-5-9-15/h2,4-5,8-9,12-13,16,19H,3,6-7,10-11,14H2,1H3. The maximum absolute atomic E-state index is 9.14. The number of ether oxygens (including phenoxy) is 1. The topological polar surface area (TPSA) is 48.9 Å². The largest absolute Gasteiger partial charge is 0.497 e. The summed E-state index contributed by atoms with van der Waals surface area (Å²) in [6.45, 7) is 0.813. The number of alkyl halides is 1. The van der Waals surface area contributed by atoms with Gasteiger partial charge < -0.3 is 15.2 Å². The van der Waals surface area contributed by atoms with Gasteiger partial charge in [-0.15, -0.1) is 11.6 Å². The van der Waals surface area contributed by atoms with Gasteiger partial charge in [0.05, 0.1) is 12.8 Å². The molecule has 1 saturated carbocycles. The molecule has 0 heterocycles. The van der Waals surface area contributed by atoms with Crippen molar-refractivity contribution in [3.05, 3.63) is 65.0 Å². The molecular formula is C20H24ClN3O. The molecule has 0 bridgehead atoms. The van der Waals surface area contributed by atoms with Crippen molar-refractivity contribution in [2.75, 3.05) is 7.11 Å². The summed E-state index contributed by atoms with van der Waals surface area (Å²) in [7, 11) is 1.63. The lowest BCUT2D eigenvalue weighted by atomic mass is 9.92. The van der Waals surface area contributed by atoms with Crippen molar-refractivity contribution in [1.82, 2.24) is 4.90 Å². The molecule has 0 radical (unpaired) electrons. The number of methoxy groups -OCH3 is 1. The van der Waals surface area contributed by atoms with E-state index >= 15 is 0 Å². The molecule has 0 saturated heterocycles. The fraction of sp³-hybridized carbons (Fsp3) is 0.450. The van der Waals surface area contributed by atoms with E-state index in [9.17, 15) is 0 Å². The normalized spacial score (nSPS) is 21.2. The van der Waals surface area contributed by atoms with Gasteiger partial charge in [0.25, 0.3) is 0 Å². The molecule has 4 nitrogen and oxygen atoms in total. The highest BCUT2D eigenvalue weighted by molar-refractivity contribution is 6.35. The van der Waals surface area contributed by atoms with E-state index in [4.69, 9.17) is 21.9 Å². The Morgan fingerprint density at radius 1 is 1.16 bits per heavy atom. The van der Waals surface area contributed by atoms with Crippen molar-refractivity contribution >= 4 is 17.3 Å². The van der Waals surface area contributed by atoms with Crippen LogP contribution in [0.1, 0.15) is 37.7 Å². The second kappa shape index (κ2) is 8.37. The highest BCUT2D eigenvalue weighted by Gasteiger charge is 2.34. The molecule has 1 unspecified atom stereocenters.